The van der Waals surface area contributed by atoms with Gasteiger partial charge in [0.25, 0.3) is 0 Å². The zero-order valence-electron chi connectivity index (χ0n) is 9.65. The van der Waals surface area contributed by atoms with Gasteiger partial charge in [0.15, 0.2) is 12.6 Å². The van der Waals surface area contributed by atoms with E-state index < -0.39 is 0 Å². The first-order chi connectivity index (χ1) is 6.67. The lowest BCUT2D eigenvalue weighted by Gasteiger charge is -2.24. The van der Waals surface area contributed by atoms with Crippen molar-refractivity contribution in [1.29, 1.82) is 0 Å². The fourth-order valence-corrected chi connectivity index (χ4v) is 1.07. The summed E-state index contributed by atoms with van der Waals surface area (Å²) in [5, 5.41) is 0. The summed E-state index contributed by atoms with van der Waals surface area (Å²) in [4.78, 5) is 2.02. The molecule has 0 aliphatic rings. The second-order valence-corrected chi connectivity index (χ2v) is 3.02. The number of methoxy groups -OCH3 is 4. The Kier molecular flexibility index (Phi) is 8.02. The lowest BCUT2D eigenvalue weighted by molar-refractivity contribution is -0.139. The molecule has 0 aliphatic carbocycles. The van der Waals surface area contributed by atoms with Crippen LogP contribution in [0, 0.1) is 0 Å². The first-order valence-electron chi connectivity index (χ1n) is 4.47. The molecule has 0 aliphatic heterocycles. The maximum absolute atomic E-state index is 5.07. The van der Waals surface area contributed by atoms with Crippen molar-refractivity contribution in [3.05, 3.63) is 0 Å². The molecule has 0 rings (SSSR count). The number of hydrogen-bond donors (Lipinski definition) is 0. The molecule has 0 unspecified atom stereocenters. The Hall–Kier alpha value is -0.200. The average molecular weight is 207 g/mol. The second-order valence-electron chi connectivity index (χ2n) is 3.02. The number of ether oxygens (including phenoxy) is 4. The van der Waals surface area contributed by atoms with Gasteiger partial charge in [-0.1, -0.05) is 0 Å². The molecule has 5 nitrogen and oxygen atoms in total. The van der Waals surface area contributed by atoms with Crippen molar-refractivity contribution in [2.75, 3.05) is 48.6 Å². The summed E-state index contributed by atoms with van der Waals surface area (Å²) in [5.74, 6) is 0. The first kappa shape index (κ1) is 13.8. The molecule has 0 amide bonds. The summed E-state index contributed by atoms with van der Waals surface area (Å²) in [6.45, 7) is 1.35. The standard InChI is InChI=1S/C9H21NO4/c1-10(6-8(11-2)12-3)7-9(13-4)14-5/h8-9H,6-7H2,1-5H3. The van der Waals surface area contributed by atoms with E-state index in [-0.39, 0.29) is 12.6 Å². The Morgan fingerprint density at radius 3 is 1.29 bits per heavy atom. The number of hydrogen-bond acceptors (Lipinski definition) is 5. The zero-order valence-corrected chi connectivity index (χ0v) is 9.65. The molecule has 0 fully saturated rings. The van der Waals surface area contributed by atoms with E-state index in [4.69, 9.17) is 18.9 Å². The highest BCUT2D eigenvalue weighted by atomic mass is 16.7. The molecule has 86 valence electrons. The van der Waals surface area contributed by atoms with Crippen molar-refractivity contribution in [2.45, 2.75) is 12.6 Å². The van der Waals surface area contributed by atoms with E-state index >= 15 is 0 Å². The molecular weight excluding hydrogens is 186 g/mol. The van der Waals surface area contributed by atoms with Crippen molar-refractivity contribution in [3.8, 4) is 0 Å². The van der Waals surface area contributed by atoms with Crippen LogP contribution in [0.25, 0.3) is 0 Å². The molecule has 0 N–H and O–H groups in total. The van der Waals surface area contributed by atoms with Gasteiger partial charge >= 0.3 is 0 Å². The Morgan fingerprint density at radius 2 is 1.07 bits per heavy atom. The van der Waals surface area contributed by atoms with Crippen LogP contribution in [0.1, 0.15) is 0 Å². The van der Waals surface area contributed by atoms with E-state index in [1.807, 2.05) is 11.9 Å². The molecule has 0 saturated heterocycles. The number of rotatable bonds is 8. The van der Waals surface area contributed by atoms with Crippen molar-refractivity contribution in [1.82, 2.24) is 4.90 Å². The summed E-state index contributed by atoms with van der Waals surface area (Å²) >= 11 is 0. The second kappa shape index (κ2) is 8.14. The quantitative estimate of drug-likeness (QED) is 0.530. The van der Waals surface area contributed by atoms with Gasteiger partial charge < -0.3 is 18.9 Å². The Labute approximate surface area is 85.9 Å². The Bertz CT molecular complexity index is 112. The Morgan fingerprint density at radius 1 is 0.786 bits per heavy atom. The highest BCUT2D eigenvalue weighted by Crippen LogP contribution is 1.98. The summed E-state index contributed by atoms with van der Waals surface area (Å²) in [6, 6.07) is 0. The first-order valence-corrected chi connectivity index (χ1v) is 4.47. The van der Waals surface area contributed by atoms with Gasteiger partial charge in [-0.05, 0) is 7.05 Å². The molecule has 0 atom stereocenters. The van der Waals surface area contributed by atoms with Crippen LogP contribution in [0.5, 0.6) is 0 Å². The molecule has 0 radical (unpaired) electrons. The lowest BCUT2D eigenvalue weighted by Crippen LogP contribution is -2.37. The molecule has 5 heteroatoms. The van der Waals surface area contributed by atoms with E-state index in [1.54, 1.807) is 28.4 Å². The molecule has 0 aromatic carbocycles. The van der Waals surface area contributed by atoms with Crippen LogP contribution in [-0.4, -0.2) is 66.1 Å². The predicted octanol–water partition coefficient (Wildman–Crippen LogP) is 0.156. The topological polar surface area (TPSA) is 40.2 Å². The smallest absolute Gasteiger partial charge is 0.169 e. The molecule has 14 heavy (non-hydrogen) atoms. The Balaban J connectivity index is 3.77. The third-order valence-corrected chi connectivity index (χ3v) is 1.97. The van der Waals surface area contributed by atoms with Crippen LogP contribution in [0.15, 0.2) is 0 Å². The fourth-order valence-electron chi connectivity index (χ4n) is 1.07. The van der Waals surface area contributed by atoms with Crippen molar-refractivity contribution in [2.24, 2.45) is 0 Å². The minimum absolute atomic E-state index is 0.214. The minimum atomic E-state index is -0.214. The van der Waals surface area contributed by atoms with Crippen molar-refractivity contribution < 1.29 is 18.9 Å². The van der Waals surface area contributed by atoms with Crippen LogP contribution in [0.4, 0.5) is 0 Å². The summed E-state index contributed by atoms with van der Waals surface area (Å²) in [6.07, 6.45) is -0.427. The molecule has 0 bridgehead atoms. The lowest BCUT2D eigenvalue weighted by atomic mass is 10.5. The summed E-state index contributed by atoms with van der Waals surface area (Å²) in [7, 11) is 8.42. The average Bonchev–Trinajstić information content (AvgIpc) is 2.22. The van der Waals surface area contributed by atoms with Crippen molar-refractivity contribution in [3.63, 3.8) is 0 Å². The van der Waals surface area contributed by atoms with Gasteiger partial charge in [-0.3, -0.25) is 4.90 Å². The van der Waals surface area contributed by atoms with Crippen LogP contribution < -0.4 is 0 Å². The van der Waals surface area contributed by atoms with E-state index in [9.17, 15) is 0 Å². The normalized spacial score (nSPS) is 12.0. The minimum Gasteiger partial charge on any atom is -0.355 e. The van der Waals surface area contributed by atoms with Crippen LogP contribution in [-0.2, 0) is 18.9 Å². The van der Waals surface area contributed by atoms with Gasteiger partial charge in [0, 0.05) is 41.5 Å². The van der Waals surface area contributed by atoms with Crippen LogP contribution >= 0.6 is 0 Å². The summed E-state index contributed by atoms with van der Waals surface area (Å²) in [5.41, 5.74) is 0. The number of likely N-dealkylation sites (N-methyl/N-ethyl adjacent to an activating group) is 1. The van der Waals surface area contributed by atoms with Gasteiger partial charge in [0.05, 0.1) is 0 Å². The highest BCUT2D eigenvalue weighted by molar-refractivity contribution is 4.56. The maximum Gasteiger partial charge on any atom is 0.169 e. The third kappa shape index (κ3) is 5.51. The predicted molar refractivity (Wildman–Crippen MR) is 53.1 cm³/mol. The molecule has 0 heterocycles. The molecular formula is C9H21NO4. The van der Waals surface area contributed by atoms with E-state index in [0.717, 1.165) is 0 Å². The van der Waals surface area contributed by atoms with Crippen LogP contribution in [0.3, 0.4) is 0 Å². The van der Waals surface area contributed by atoms with E-state index in [1.165, 1.54) is 0 Å². The van der Waals surface area contributed by atoms with E-state index in [2.05, 4.69) is 0 Å². The number of nitrogens with zero attached hydrogens (tertiary/aromatic N) is 1. The summed E-state index contributed by atoms with van der Waals surface area (Å²) < 4.78 is 20.3. The van der Waals surface area contributed by atoms with Gasteiger partial charge in [-0.25, -0.2) is 0 Å². The van der Waals surface area contributed by atoms with Gasteiger partial charge in [-0.2, -0.15) is 0 Å². The van der Waals surface area contributed by atoms with Gasteiger partial charge in [0.2, 0.25) is 0 Å². The van der Waals surface area contributed by atoms with E-state index in [0.29, 0.717) is 13.1 Å². The SMILES string of the molecule is COC(CN(C)CC(OC)OC)OC. The molecule has 0 saturated carbocycles. The maximum atomic E-state index is 5.07. The van der Waals surface area contributed by atoms with Crippen LogP contribution in [0.2, 0.25) is 0 Å². The zero-order chi connectivity index (χ0) is 11.0. The molecule has 0 spiro atoms. The van der Waals surface area contributed by atoms with Gasteiger partial charge in [0.1, 0.15) is 0 Å². The highest BCUT2D eigenvalue weighted by Gasteiger charge is 2.13. The fraction of sp³-hybridized carbons (Fsp3) is 1.00. The third-order valence-electron chi connectivity index (χ3n) is 1.97. The monoisotopic (exact) mass is 207 g/mol. The largest absolute Gasteiger partial charge is 0.355 e. The van der Waals surface area contributed by atoms with Crippen molar-refractivity contribution >= 4 is 0 Å². The molecule has 0 aromatic rings. The van der Waals surface area contributed by atoms with Gasteiger partial charge in [-0.15, -0.1) is 0 Å². The molecule has 0 aromatic heterocycles.